The lowest BCUT2D eigenvalue weighted by Gasteiger charge is -2.08. The van der Waals surface area contributed by atoms with E-state index in [2.05, 4.69) is 5.32 Å². The Morgan fingerprint density at radius 1 is 1.15 bits per heavy atom. The maximum absolute atomic E-state index is 11.9. The molecule has 0 unspecified atom stereocenters. The van der Waals surface area contributed by atoms with E-state index in [4.69, 9.17) is 9.47 Å². The highest BCUT2D eigenvalue weighted by Gasteiger charge is 2.18. The molecule has 2 rings (SSSR count). The molecule has 26 heavy (non-hydrogen) atoms. The SMILES string of the molecule is COc1ccc(NC(=O)COC(=O)CCc2ccccc2)c([N+](=O)[O-])c1. The number of amides is 1. The summed E-state index contributed by atoms with van der Waals surface area (Å²) in [5.74, 6) is -0.887. The van der Waals surface area contributed by atoms with Crippen LogP contribution in [0.3, 0.4) is 0 Å². The van der Waals surface area contributed by atoms with E-state index in [0.717, 1.165) is 5.56 Å². The molecule has 2 aromatic carbocycles. The number of esters is 1. The molecule has 1 N–H and O–H groups in total. The van der Waals surface area contributed by atoms with Crippen molar-refractivity contribution in [3.8, 4) is 5.75 Å². The first-order valence-electron chi connectivity index (χ1n) is 7.81. The molecule has 136 valence electrons. The van der Waals surface area contributed by atoms with Gasteiger partial charge in [-0.1, -0.05) is 30.3 Å². The van der Waals surface area contributed by atoms with Gasteiger partial charge in [-0.25, -0.2) is 0 Å². The van der Waals surface area contributed by atoms with Crippen molar-refractivity contribution >= 4 is 23.3 Å². The Morgan fingerprint density at radius 3 is 2.54 bits per heavy atom. The predicted octanol–water partition coefficient (Wildman–Crippen LogP) is 2.72. The molecule has 0 heterocycles. The van der Waals surface area contributed by atoms with Crippen LogP contribution < -0.4 is 10.1 Å². The molecule has 0 aliphatic heterocycles. The van der Waals surface area contributed by atoms with Crippen LogP contribution in [0.25, 0.3) is 0 Å². The van der Waals surface area contributed by atoms with Gasteiger partial charge in [0, 0.05) is 6.42 Å². The van der Waals surface area contributed by atoms with Crippen molar-refractivity contribution in [3.63, 3.8) is 0 Å². The zero-order valence-corrected chi connectivity index (χ0v) is 14.1. The van der Waals surface area contributed by atoms with Gasteiger partial charge < -0.3 is 14.8 Å². The van der Waals surface area contributed by atoms with Gasteiger partial charge in [0.05, 0.1) is 18.1 Å². The zero-order valence-electron chi connectivity index (χ0n) is 14.1. The highest BCUT2D eigenvalue weighted by atomic mass is 16.6. The van der Waals surface area contributed by atoms with E-state index < -0.39 is 23.4 Å². The van der Waals surface area contributed by atoms with Crippen molar-refractivity contribution in [2.45, 2.75) is 12.8 Å². The number of carbonyl (C=O) groups is 2. The summed E-state index contributed by atoms with van der Waals surface area (Å²) in [5.41, 5.74) is 0.678. The van der Waals surface area contributed by atoms with Gasteiger partial charge in [0.25, 0.3) is 11.6 Å². The van der Waals surface area contributed by atoms with Gasteiger partial charge in [-0.3, -0.25) is 19.7 Å². The molecule has 1 amide bonds. The van der Waals surface area contributed by atoms with Gasteiger partial charge in [0.2, 0.25) is 0 Å². The number of nitrogens with one attached hydrogen (secondary N) is 1. The van der Waals surface area contributed by atoms with Crippen LogP contribution in [0.5, 0.6) is 5.75 Å². The summed E-state index contributed by atoms with van der Waals surface area (Å²) in [6.45, 7) is -0.517. The molecule has 0 fully saturated rings. The van der Waals surface area contributed by atoms with Gasteiger partial charge in [-0.2, -0.15) is 0 Å². The number of hydrogen-bond acceptors (Lipinski definition) is 6. The minimum atomic E-state index is -0.661. The Bertz CT molecular complexity index is 792. The van der Waals surface area contributed by atoms with Crippen molar-refractivity contribution in [3.05, 3.63) is 64.2 Å². The lowest BCUT2D eigenvalue weighted by molar-refractivity contribution is -0.384. The second-order valence-corrected chi connectivity index (χ2v) is 5.33. The van der Waals surface area contributed by atoms with Crippen molar-refractivity contribution < 1.29 is 24.0 Å². The number of anilines is 1. The molecule has 2 aromatic rings. The van der Waals surface area contributed by atoms with Gasteiger partial charge >= 0.3 is 5.97 Å². The third kappa shape index (κ3) is 5.59. The van der Waals surface area contributed by atoms with Crippen LogP contribution in [-0.2, 0) is 20.7 Å². The number of rotatable bonds is 8. The minimum Gasteiger partial charge on any atom is -0.496 e. The molecule has 0 aliphatic rings. The number of methoxy groups -OCH3 is 1. The molecule has 0 radical (unpaired) electrons. The second-order valence-electron chi connectivity index (χ2n) is 5.33. The molecule has 8 heteroatoms. The Balaban J connectivity index is 1.85. The maximum atomic E-state index is 11.9. The number of carbonyl (C=O) groups excluding carboxylic acids is 2. The van der Waals surface area contributed by atoms with E-state index in [0.29, 0.717) is 12.2 Å². The first-order valence-corrected chi connectivity index (χ1v) is 7.81. The van der Waals surface area contributed by atoms with Crippen molar-refractivity contribution in [1.82, 2.24) is 0 Å². The van der Waals surface area contributed by atoms with Gasteiger partial charge in [0.1, 0.15) is 11.4 Å². The smallest absolute Gasteiger partial charge is 0.306 e. The Hall–Kier alpha value is -3.42. The van der Waals surface area contributed by atoms with Gasteiger partial charge in [-0.05, 0) is 24.1 Å². The highest BCUT2D eigenvalue weighted by Crippen LogP contribution is 2.28. The average Bonchev–Trinajstić information content (AvgIpc) is 2.65. The van der Waals surface area contributed by atoms with Crippen molar-refractivity contribution in [1.29, 1.82) is 0 Å². The molecule has 0 saturated carbocycles. The van der Waals surface area contributed by atoms with Crippen LogP contribution in [0.2, 0.25) is 0 Å². The molecular weight excluding hydrogens is 340 g/mol. The molecule has 0 atom stereocenters. The highest BCUT2D eigenvalue weighted by molar-refractivity contribution is 5.95. The zero-order chi connectivity index (χ0) is 18.9. The molecule has 0 saturated heterocycles. The van der Waals surface area contributed by atoms with Crippen LogP contribution in [0.1, 0.15) is 12.0 Å². The molecule has 0 bridgehead atoms. The van der Waals surface area contributed by atoms with E-state index in [1.54, 1.807) is 0 Å². The number of nitrogens with zero attached hydrogens (tertiary/aromatic N) is 1. The van der Waals surface area contributed by atoms with E-state index in [-0.39, 0.29) is 17.8 Å². The molecule has 0 aromatic heterocycles. The monoisotopic (exact) mass is 358 g/mol. The summed E-state index contributed by atoms with van der Waals surface area (Å²) in [6, 6.07) is 13.4. The van der Waals surface area contributed by atoms with Crippen LogP contribution in [0.4, 0.5) is 11.4 Å². The van der Waals surface area contributed by atoms with E-state index in [1.165, 1.54) is 25.3 Å². The Labute approximate surface area is 149 Å². The van der Waals surface area contributed by atoms with Crippen LogP contribution in [0.15, 0.2) is 48.5 Å². The summed E-state index contributed by atoms with van der Waals surface area (Å²) in [6.07, 6.45) is 0.644. The second kappa shape index (κ2) is 9.16. The summed E-state index contributed by atoms with van der Waals surface area (Å²) < 4.78 is 9.82. The number of benzene rings is 2. The van der Waals surface area contributed by atoms with Gasteiger partial charge in [0.15, 0.2) is 6.61 Å². The predicted molar refractivity (Wildman–Crippen MR) is 94.0 cm³/mol. The van der Waals surface area contributed by atoms with Crippen LogP contribution in [0, 0.1) is 10.1 Å². The number of nitro benzene ring substituents is 1. The topological polar surface area (TPSA) is 108 Å². The first-order chi connectivity index (χ1) is 12.5. The summed E-state index contributed by atoms with van der Waals surface area (Å²) in [5, 5.41) is 13.4. The largest absolute Gasteiger partial charge is 0.496 e. The first kappa shape index (κ1) is 18.9. The number of hydrogen-bond donors (Lipinski definition) is 1. The molecule has 0 aliphatic carbocycles. The number of nitro groups is 1. The third-order valence-electron chi connectivity index (χ3n) is 3.50. The van der Waals surface area contributed by atoms with Crippen molar-refractivity contribution in [2.24, 2.45) is 0 Å². The summed E-state index contributed by atoms with van der Waals surface area (Å²) in [4.78, 5) is 34.0. The molecule has 0 spiro atoms. The third-order valence-corrected chi connectivity index (χ3v) is 3.50. The van der Waals surface area contributed by atoms with E-state index >= 15 is 0 Å². The number of ether oxygens (including phenoxy) is 2. The van der Waals surface area contributed by atoms with Crippen molar-refractivity contribution in [2.75, 3.05) is 19.0 Å². The maximum Gasteiger partial charge on any atom is 0.306 e. The normalized spacial score (nSPS) is 10.0. The minimum absolute atomic E-state index is 0.00105. The number of aryl methyl sites for hydroxylation is 1. The van der Waals surface area contributed by atoms with E-state index in [1.807, 2.05) is 30.3 Å². The summed E-state index contributed by atoms with van der Waals surface area (Å²) in [7, 11) is 1.38. The van der Waals surface area contributed by atoms with Gasteiger partial charge in [-0.15, -0.1) is 0 Å². The lowest BCUT2D eigenvalue weighted by Crippen LogP contribution is -2.21. The lowest BCUT2D eigenvalue weighted by atomic mass is 10.1. The fraction of sp³-hybridized carbons (Fsp3) is 0.222. The van der Waals surface area contributed by atoms with Crippen LogP contribution in [-0.4, -0.2) is 30.5 Å². The Morgan fingerprint density at radius 2 is 1.88 bits per heavy atom. The summed E-state index contributed by atoms with van der Waals surface area (Å²) >= 11 is 0. The molecular formula is C18H18N2O6. The molecule has 8 nitrogen and oxygen atoms in total. The fourth-order valence-corrected chi connectivity index (χ4v) is 2.19. The van der Waals surface area contributed by atoms with Crippen LogP contribution >= 0.6 is 0 Å². The fourth-order valence-electron chi connectivity index (χ4n) is 2.19. The van der Waals surface area contributed by atoms with E-state index in [9.17, 15) is 19.7 Å². The Kier molecular flexibility index (Phi) is 6.67. The standard InChI is InChI=1S/C18H18N2O6/c1-25-14-8-9-15(16(11-14)20(23)24)19-17(21)12-26-18(22)10-7-13-5-3-2-4-6-13/h2-6,8-9,11H,7,10,12H2,1H3,(H,19,21). The quantitative estimate of drug-likeness (QED) is 0.442. The average molecular weight is 358 g/mol.